The summed E-state index contributed by atoms with van der Waals surface area (Å²) in [5.41, 5.74) is 3.06. The van der Waals surface area contributed by atoms with Gasteiger partial charge in [0, 0.05) is 24.5 Å². The third kappa shape index (κ3) is 11.1. The Morgan fingerprint density at radius 3 is 2.16 bits per heavy atom. The van der Waals surface area contributed by atoms with E-state index in [1.807, 2.05) is 6.07 Å². The van der Waals surface area contributed by atoms with Gasteiger partial charge in [0.05, 0.1) is 6.42 Å². The van der Waals surface area contributed by atoms with Crippen molar-refractivity contribution in [2.24, 2.45) is 0 Å². The molecule has 3 N–H and O–H groups in total. The molecule has 0 spiro atoms. The number of halogens is 4. The van der Waals surface area contributed by atoms with Crippen LogP contribution < -0.4 is 5.32 Å². The maximum absolute atomic E-state index is 13.9. The Hall–Kier alpha value is -1.95. The molecule has 0 heterocycles. The molecule has 2 rings (SSSR count). The zero-order valence-corrected chi connectivity index (χ0v) is 18.8. The predicted molar refractivity (Wildman–Crippen MR) is 115 cm³/mol. The summed E-state index contributed by atoms with van der Waals surface area (Å²) in [4.78, 5) is 31.2. The number of aliphatic carboxylic acids is 2. The number of fused-ring (bicyclic) bond motifs is 1. The molecule has 1 aliphatic rings. The second-order valence-corrected chi connectivity index (χ2v) is 9.51. The average molecular weight is 500 g/mol. The summed E-state index contributed by atoms with van der Waals surface area (Å²) < 4.78 is 45.6. The smallest absolute Gasteiger partial charge is 0.481 e. The molecule has 6 nitrogen and oxygen atoms in total. The fraction of sp³-hybridized carbons (Fsp3) is 0.550. The summed E-state index contributed by atoms with van der Waals surface area (Å²) in [6.45, 7) is 0.575. The molecule has 0 radical (unpaired) electrons. The minimum absolute atomic E-state index is 0.00465. The molecule has 12 heteroatoms. The Kier molecular flexibility index (Phi) is 12.5. The van der Waals surface area contributed by atoms with Gasteiger partial charge in [-0.05, 0) is 54.9 Å². The number of hydrogen-bond donors (Lipinski definition) is 3. The summed E-state index contributed by atoms with van der Waals surface area (Å²) in [5.74, 6) is -2.33. The number of amides is 1. The Morgan fingerprint density at radius 1 is 0.969 bits per heavy atom. The molecule has 1 aromatic carbocycles. The lowest BCUT2D eigenvalue weighted by Gasteiger charge is -2.20. The lowest BCUT2D eigenvalue weighted by molar-refractivity contribution is -0.192. The van der Waals surface area contributed by atoms with Crippen LogP contribution in [0.3, 0.4) is 0 Å². The molecule has 1 amide bonds. The van der Waals surface area contributed by atoms with Crippen LogP contribution in [0.15, 0.2) is 12.1 Å². The van der Waals surface area contributed by atoms with Crippen molar-refractivity contribution in [1.82, 2.24) is 5.32 Å². The van der Waals surface area contributed by atoms with E-state index in [9.17, 15) is 27.2 Å². The Balaban J connectivity index is 0.000000633. The lowest BCUT2D eigenvalue weighted by Crippen LogP contribution is -2.26. The molecule has 180 valence electrons. The van der Waals surface area contributed by atoms with Gasteiger partial charge < -0.3 is 15.5 Å². The van der Waals surface area contributed by atoms with Crippen molar-refractivity contribution in [3.05, 3.63) is 34.6 Å². The van der Waals surface area contributed by atoms with Gasteiger partial charge in [-0.2, -0.15) is 13.2 Å². The summed E-state index contributed by atoms with van der Waals surface area (Å²) >= 11 is 0. The van der Waals surface area contributed by atoms with Gasteiger partial charge in [-0.25, -0.2) is 9.18 Å². The van der Waals surface area contributed by atoms with Gasteiger partial charge in [-0.1, -0.05) is 27.7 Å². The van der Waals surface area contributed by atoms with Crippen molar-refractivity contribution in [2.75, 3.05) is 18.1 Å². The molecular weight excluding hydrogens is 474 g/mol. The topological polar surface area (TPSA) is 104 Å². The van der Waals surface area contributed by atoms with Gasteiger partial charge in [-0.3, -0.25) is 9.59 Å². The number of carbonyl (C=O) groups is 3. The van der Waals surface area contributed by atoms with Gasteiger partial charge in [0.25, 0.3) is 0 Å². The second-order valence-electron chi connectivity index (χ2n) is 6.81. The SMILES string of the molecule is O=C(O)C(F)(F)F.O=C(O)CCSSCCNC(=O)CCc1ccc(F)c2c1CCCC2. The number of alkyl halides is 3. The molecule has 0 atom stereocenters. The standard InChI is InChI=1S/C18H24FNO3S2.C2HF3O2/c19-16-7-5-13(14-3-1-2-4-15(14)16)6-8-17(21)20-10-12-25-24-11-9-18(22)23;3-2(4,5)1(6)7/h5,7H,1-4,6,8-12H2,(H,20,21)(H,22,23);(H,6,7). The van der Waals surface area contributed by atoms with Crippen LogP contribution in [0.25, 0.3) is 0 Å². The molecule has 32 heavy (non-hydrogen) atoms. The zero-order chi connectivity index (χ0) is 24.1. The third-order valence-corrected chi connectivity index (χ3v) is 6.84. The number of carboxylic acid groups (broad SMARTS) is 2. The van der Waals surface area contributed by atoms with Crippen molar-refractivity contribution >= 4 is 39.4 Å². The second kappa shape index (κ2) is 14.2. The van der Waals surface area contributed by atoms with E-state index in [0.717, 1.165) is 48.1 Å². The van der Waals surface area contributed by atoms with Crippen LogP contribution >= 0.6 is 21.6 Å². The van der Waals surface area contributed by atoms with Crippen LogP contribution in [0.2, 0.25) is 0 Å². The monoisotopic (exact) mass is 499 g/mol. The molecule has 0 saturated carbocycles. The molecule has 0 aromatic heterocycles. The van der Waals surface area contributed by atoms with Crippen LogP contribution in [0.5, 0.6) is 0 Å². The number of aryl methyl sites for hydroxylation is 1. The number of rotatable bonds is 10. The van der Waals surface area contributed by atoms with E-state index >= 15 is 0 Å². The first-order valence-corrected chi connectivity index (χ1v) is 12.3. The van der Waals surface area contributed by atoms with E-state index in [1.54, 1.807) is 10.8 Å². The first-order chi connectivity index (χ1) is 15.0. The summed E-state index contributed by atoms with van der Waals surface area (Å²) in [6, 6.07) is 3.35. The highest BCUT2D eigenvalue weighted by molar-refractivity contribution is 8.76. The normalized spacial score (nSPS) is 12.9. The highest BCUT2D eigenvalue weighted by Crippen LogP contribution is 2.27. The van der Waals surface area contributed by atoms with E-state index in [-0.39, 0.29) is 18.1 Å². The van der Waals surface area contributed by atoms with Crippen molar-refractivity contribution < 1.29 is 42.2 Å². The molecular formula is C20H25F4NO5S2. The quantitative estimate of drug-likeness (QED) is 0.251. The molecule has 0 bridgehead atoms. The highest BCUT2D eigenvalue weighted by atomic mass is 33.1. The first kappa shape index (κ1) is 28.1. The van der Waals surface area contributed by atoms with Crippen LogP contribution in [0.4, 0.5) is 17.6 Å². The Morgan fingerprint density at radius 2 is 1.56 bits per heavy atom. The van der Waals surface area contributed by atoms with Crippen LogP contribution in [0.1, 0.15) is 42.4 Å². The molecule has 0 aliphatic heterocycles. The third-order valence-electron chi connectivity index (χ3n) is 4.43. The number of carbonyl (C=O) groups excluding carboxylic acids is 1. The van der Waals surface area contributed by atoms with Crippen molar-refractivity contribution in [3.63, 3.8) is 0 Å². The maximum Gasteiger partial charge on any atom is 0.490 e. The molecule has 1 aliphatic carbocycles. The van der Waals surface area contributed by atoms with Crippen LogP contribution in [-0.2, 0) is 33.6 Å². The first-order valence-electron chi connectivity index (χ1n) is 9.84. The van der Waals surface area contributed by atoms with Crippen molar-refractivity contribution in [2.45, 2.75) is 51.1 Å². The molecule has 0 unspecified atom stereocenters. The van der Waals surface area contributed by atoms with Crippen LogP contribution in [-0.4, -0.2) is 52.3 Å². The van der Waals surface area contributed by atoms with E-state index in [2.05, 4.69) is 5.32 Å². The fourth-order valence-corrected chi connectivity index (χ4v) is 4.83. The van der Waals surface area contributed by atoms with Crippen LogP contribution in [0, 0.1) is 5.82 Å². The van der Waals surface area contributed by atoms with E-state index < -0.39 is 18.1 Å². The largest absolute Gasteiger partial charge is 0.490 e. The van der Waals surface area contributed by atoms with Gasteiger partial charge in [0.15, 0.2) is 0 Å². The number of benzene rings is 1. The minimum atomic E-state index is -5.08. The summed E-state index contributed by atoms with van der Waals surface area (Å²) in [7, 11) is 3.08. The van der Waals surface area contributed by atoms with Crippen molar-refractivity contribution in [1.29, 1.82) is 0 Å². The van der Waals surface area contributed by atoms with Gasteiger partial charge >= 0.3 is 18.1 Å². The fourth-order valence-electron chi connectivity index (χ4n) is 2.95. The molecule has 1 aromatic rings. The van der Waals surface area contributed by atoms with Gasteiger partial charge in [-0.15, -0.1) is 0 Å². The highest BCUT2D eigenvalue weighted by Gasteiger charge is 2.38. The summed E-state index contributed by atoms with van der Waals surface area (Å²) in [5, 5.41) is 18.5. The number of nitrogens with one attached hydrogen (secondary N) is 1. The summed E-state index contributed by atoms with van der Waals surface area (Å²) in [6.07, 6.45) is -0.0233. The van der Waals surface area contributed by atoms with Gasteiger partial charge in [0.2, 0.25) is 5.91 Å². The van der Waals surface area contributed by atoms with E-state index in [4.69, 9.17) is 15.0 Å². The Bertz CT molecular complexity index is 790. The zero-order valence-electron chi connectivity index (χ0n) is 17.2. The molecule has 0 saturated heterocycles. The molecule has 0 fully saturated rings. The van der Waals surface area contributed by atoms with E-state index in [0.29, 0.717) is 25.1 Å². The average Bonchev–Trinajstić information content (AvgIpc) is 2.72. The number of carboxylic acids is 2. The minimum Gasteiger partial charge on any atom is -0.481 e. The Labute approximate surface area is 190 Å². The van der Waals surface area contributed by atoms with E-state index in [1.165, 1.54) is 16.9 Å². The maximum atomic E-state index is 13.9. The number of hydrogen-bond acceptors (Lipinski definition) is 5. The van der Waals surface area contributed by atoms with Crippen molar-refractivity contribution in [3.8, 4) is 0 Å². The predicted octanol–water partition coefficient (Wildman–Crippen LogP) is 4.24. The lowest BCUT2D eigenvalue weighted by atomic mass is 9.86. The van der Waals surface area contributed by atoms with Gasteiger partial charge in [0.1, 0.15) is 5.82 Å².